The van der Waals surface area contributed by atoms with Gasteiger partial charge >= 0.3 is 0 Å². The number of methoxy groups -OCH3 is 1. The Hall–Kier alpha value is -1.59. The molecule has 1 heterocycles. The molecule has 5 nitrogen and oxygen atoms in total. The highest BCUT2D eigenvalue weighted by Crippen LogP contribution is 2.35. The van der Waals surface area contributed by atoms with Crippen LogP contribution in [0.4, 0.5) is 0 Å². The molecule has 0 bridgehead atoms. The standard InChI is InChI=1S/C18H27NO4/c1-3-9-18(13-20)12-19(10-8-16(18)21)17(22)11-14-6-4-5-7-15(14)23-2/h4-7,16,20-21H,3,8-13H2,1-2H3/t16-,18+/m1/s1. The second kappa shape index (κ2) is 7.79. The van der Waals surface area contributed by atoms with E-state index in [1.807, 2.05) is 31.2 Å². The van der Waals surface area contributed by atoms with Crippen LogP contribution in [-0.4, -0.2) is 53.9 Å². The van der Waals surface area contributed by atoms with Crippen molar-refractivity contribution in [3.05, 3.63) is 29.8 Å². The van der Waals surface area contributed by atoms with Crippen LogP contribution < -0.4 is 4.74 Å². The van der Waals surface area contributed by atoms with Crippen LogP contribution in [-0.2, 0) is 11.2 Å². The predicted molar refractivity (Wildman–Crippen MR) is 88.3 cm³/mol. The van der Waals surface area contributed by atoms with Gasteiger partial charge in [-0.15, -0.1) is 0 Å². The number of rotatable bonds is 6. The van der Waals surface area contributed by atoms with E-state index in [0.717, 1.165) is 12.0 Å². The van der Waals surface area contributed by atoms with E-state index in [4.69, 9.17) is 4.74 Å². The Bertz CT molecular complexity index is 534. The highest BCUT2D eigenvalue weighted by molar-refractivity contribution is 5.79. The molecule has 5 heteroatoms. The summed E-state index contributed by atoms with van der Waals surface area (Å²) in [6, 6.07) is 7.50. The maximum absolute atomic E-state index is 12.7. The van der Waals surface area contributed by atoms with E-state index >= 15 is 0 Å². The van der Waals surface area contributed by atoms with Crippen LogP contribution in [0.5, 0.6) is 5.75 Å². The number of benzene rings is 1. The smallest absolute Gasteiger partial charge is 0.227 e. The first-order valence-corrected chi connectivity index (χ1v) is 8.25. The van der Waals surface area contributed by atoms with Crippen molar-refractivity contribution in [1.82, 2.24) is 4.90 Å². The van der Waals surface area contributed by atoms with Gasteiger partial charge in [-0.2, -0.15) is 0 Å². The first kappa shape index (κ1) is 17.8. The zero-order chi connectivity index (χ0) is 16.9. The minimum Gasteiger partial charge on any atom is -0.496 e. The molecule has 1 aromatic rings. The van der Waals surface area contributed by atoms with Crippen LogP contribution in [0.15, 0.2) is 24.3 Å². The molecule has 2 rings (SSSR count). The van der Waals surface area contributed by atoms with E-state index in [2.05, 4.69) is 0 Å². The number of piperidine rings is 1. The van der Waals surface area contributed by atoms with Gasteiger partial charge in [0.1, 0.15) is 5.75 Å². The number of carbonyl (C=O) groups is 1. The average Bonchev–Trinajstić information content (AvgIpc) is 2.57. The van der Waals surface area contributed by atoms with Crippen LogP contribution in [0.3, 0.4) is 0 Å². The number of aliphatic hydroxyl groups excluding tert-OH is 2. The van der Waals surface area contributed by atoms with E-state index < -0.39 is 11.5 Å². The second-order valence-corrected chi connectivity index (χ2v) is 6.38. The van der Waals surface area contributed by atoms with E-state index in [-0.39, 0.29) is 18.9 Å². The molecule has 1 fully saturated rings. The molecule has 0 radical (unpaired) electrons. The summed E-state index contributed by atoms with van der Waals surface area (Å²) in [5.41, 5.74) is 0.264. The summed E-state index contributed by atoms with van der Waals surface area (Å²) in [7, 11) is 1.60. The van der Waals surface area contributed by atoms with Crippen molar-refractivity contribution in [2.45, 2.75) is 38.7 Å². The highest BCUT2D eigenvalue weighted by Gasteiger charge is 2.42. The van der Waals surface area contributed by atoms with E-state index in [1.165, 1.54) is 0 Å². The van der Waals surface area contributed by atoms with Gasteiger partial charge in [0.15, 0.2) is 0 Å². The molecule has 1 aliphatic heterocycles. The number of hydrogen-bond acceptors (Lipinski definition) is 4. The summed E-state index contributed by atoms with van der Waals surface area (Å²) in [5.74, 6) is 0.718. The number of aliphatic hydroxyl groups is 2. The lowest BCUT2D eigenvalue weighted by Gasteiger charge is -2.45. The number of likely N-dealkylation sites (tertiary alicyclic amines) is 1. The van der Waals surface area contributed by atoms with Gasteiger partial charge in [0.25, 0.3) is 0 Å². The summed E-state index contributed by atoms with van der Waals surface area (Å²) in [4.78, 5) is 14.4. The molecule has 0 unspecified atom stereocenters. The third kappa shape index (κ3) is 3.85. The molecule has 23 heavy (non-hydrogen) atoms. The van der Waals surface area contributed by atoms with Crippen LogP contribution >= 0.6 is 0 Å². The molecule has 1 aromatic carbocycles. The lowest BCUT2D eigenvalue weighted by atomic mass is 9.74. The minimum absolute atomic E-state index is 0.00956. The van der Waals surface area contributed by atoms with Crippen LogP contribution in [0, 0.1) is 5.41 Å². The monoisotopic (exact) mass is 321 g/mol. The SMILES string of the molecule is CCC[C@@]1(CO)CN(C(=O)Cc2ccccc2OC)CC[C@H]1O. The Morgan fingerprint density at radius 1 is 1.43 bits per heavy atom. The first-order chi connectivity index (χ1) is 11.1. The normalized spacial score (nSPS) is 24.5. The fourth-order valence-corrected chi connectivity index (χ4v) is 3.46. The Morgan fingerprint density at radius 3 is 2.83 bits per heavy atom. The quantitative estimate of drug-likeness (QED) is 0.835. The van der Waals surface area contributed by atoms with Gasteiger partial charge in [-0.3, -0.25) is 4.79 Å². The maximum atomic E-state index is 12.7. The number of hydrogen-bond donors (Lipinski definition) is 2. The Morgan fingerprint density at radius 2 is 2.17 bits per heavy atom. The minimum atomic E-state index is -0.594. The maximum Gasteiger partial charge on any atom is 0.227 e. The largest absolute Gasteiger partial charge is 0.496 e. The van der Waals surface area contributed by atoms with Crippen LogP contribution in [0.25, 0.3) is 0 Å². The van der Waals surface area contributed by atoms with Gasteiger partial charge in [0.05, 0.1) is 26.2 Å². The van der Waals surface area contributed by atoms with Crippen molar-refractivity contribution in [2.24, 2.45) is 5.41 Å². The van der Waals surface area contributed by atoms with Gasteiger partial charge in [-0.25, -0.2) is 0 Å². The lowest BCUT2D eigenvalue weighted by molar-refractivity contribution is -0.141. The van der Waals surface area contributed by atoms with Crippen molar-refractivity contribution in [1.29, 1.82) is 0 Å². The van der Waals surface area contributed by atoms with Gasteiger partial charge < -0.3 is 19.8 Å². The third-order valence-electron chi connectivity index (χ3n) is 4.83. The van der Waals surface area contributed by atoms with E-state index in [1.54, 1.807) is 12.0 Å². The summed E-state index contributed by atoms with van der Waals surface area (Å²) in [5, 5.41) is 20.1. The molecule has 1 aliphatic rings. The summed E-state index contributed by atoms with van der Waals surface area (Å²) in [6.45, 7) is 2.87. The molecule has 0 aromatic heterocycles. The second-order valence-electron chi connectivity index (χ2n) is 6.38. The van der Waals surface area contributed by atoms with E-state index in [9.17, 15) is 15.0 Å². The number of nitrogens with zero attached hydrogens (tertiary/aromatic N) is 1. The lowest BCUT2D eigenvalue weighted by Crippen LogP contribution is -2.55. The van der Waals surface area contributed by atoms with Crippen molar-refractivity contribution in [2.75, 3.05) is 26.8 Å². The molecular formula is C18H27NO4. The molecule has 0 aliphatic carbocycles. The fourth-order valence-electron chi connectivity index (χ4n) is 3.46. The predicted octanol–water partition coefficient (Wildman–Crippen LogP) is 1.61. The Kier molecular flexibility index (Phi) is 6.02. The summed E-state index contributed by atoms with van der Waals surface area (Å²) >= 11 is 0. The molecule has 2 atom stereocenters. The Balaban J connectivity index is 2.10. The topological polar surface area (TPSA) is 70.0 Å². The summed E-state index contributed by atoms with van der Waals surface area (Å²) in [6.07, 6.45) is 1.81. The van der Waals surface area contributed by atoms with Crippen molar-refractivity contribution in [3.8, 4) is 5.75 Å². The van der Waals surface area contributed by atoms with Crippen LogP contribution in [0.1, 0.15) is 31.7 Å². The molecule has 1 amide bonds. The number of ether oxygens (including phenoxy) is 1. The first-order valence-electron chi connectivity index (χ1n) is 8.25. The molecule has 0 spiro atoms. The van der Waals surface area contributed by atoms with Gasteiger partial charge in [0.2, 0.25) is 5.91 Å². The highest BCUT2D eigenvalue weighted by atomic mass is 16.5. The number of amides is 1. The molecule has 2 N–H and O–H groups in total. The number of para-hydroxylation sites is 1. The molecule has 128 valence electrons. The van der Waals surface area contributed by atoms with Crippen molar-refractivity contribution >= 4 is 5.91 Å². The Labute approximate surface area is 137 Å². The zero-order valence-corrected chi connectivity index (χ0v) is 14.0. The zero-order valence-electron chi connectivity index (χ0n) is 14.0. The molecule has 1 saturated heterocycles. The third-order valence-corrected chi connectivity index (χ3v) is 4.83. The molecular weight excluding hydrogens is 294 g/mol. The van der Waals surface area contributed by atoms with Crippen molar-refractivity contribution in [3.63, 3.8) is 0 Å². The van der Waals surface area contributed by atoms with E-state index in [0.29, 0.717) is 31.7 Å². The van der Waals surface area contributed by atoms with Gasteiger partial charge in [-0.1, -0.05) is 31.5 Å². The number of carbonyl (C=O) groups excluding carboxylic acids is 1. The summed E-state index contributed by atoms with van der Waals surface area (Å²) < 4.78 is 5.30. The van der Waals surface area contributed by atoms with Gasteiger partial charge in [-0.05, 0) is 18.9 Å². The van der Waals surface area contributed by atoms with Crippen LogP contribution in [0.2, 0.25) is 0 Å². The average molecular weight is 321 g/mol. The fraction of sp³-hybridized carbons (Fsp3) is 0.611. The van der Waals surface area contributed by atoms with Gasteiger partial charge in [0, 0.05) is 24.1 Å². The van der Waals surface area contributed by atoms with Crippen molar-refractivity contribution < 1.29 is 19.7 Å². The molecule has 0 saturated carbocycles.